The van der Waals surface area contributed by atoms with Crippen LogP contribution in [-0.2, 0) is 23.3 Å². The number of carbonyl (C=O) groups excluding carboxylic acids is 2. The SMILES string of the molecule is CCc1cccc(Oc2c(Cl)cccc2C(O)(CCCNC(=O)OC)[C@@H]2CCCN(C(=O)c3ccc(CNC)cc3)C2)c1. The molecule has 0 aliphatic carbocycles. The molecular weight excluding hydrogens is 566 g/mol. The molecule has 8 nitrogen and oxygen atoms in total. The van der Waals surface area contributed by atoms with Crippen molar-refractivity contribution in [3.8, 4) is 11.5 Å². The number of halogens is 1. The number of methoxy groups -OCH3 is 1. The van der Waals surface area contributed by atoms with Gasteiger partial charge in [-0.1, -0.05) is 54.9 Å². The molecule has 3 aromatic rings. The second-order valence-corrected chi connectivity index (χ2v) is 11.4. The zero-order valence-corrected chi connectivity index (χ0v) is 26.0. The van der Waals surface area contributed by atoms with Crippen molar-refractivity contribution in [3.05, 3.63) is 94.0 Å². The molecule has 1 heterocycles. The number of amides is 2. The molecule has 0 saturated carbocycles. The van der Waals surface area contributed by atoms with E-state index in [1.807, 2.05) is 72.6 Å². The van der Waals surface area contributed by atoms with Crippen LogP contribution in [0.15, 0.2) is 66.7 Å². The fourth-order valence-corrected chi connectivity index (χ4v) is 6.00. The average Bonchev–Trinajstić information content (AvgIpc) is 3.04. The van der Waals surface area contributed by atoms with Gasteiger partial charge in [-0.05, 0) is 80.6 Å². The molecule has 0 aromatic heterocycles. The van der Waals surface area contributed by atoms with Gasteiger partial charge in [-0.25, -0.2) is 4.79 Å². The minimum absolute atomic E-state index is 0.0608. The molecule has 1 unspecified atom stereocenters. The lowest BCUT2D eigenvalue weighted by molar-refractivity contribution is -0.0578. The van der Waals surface area contributed by atoms with E-state index in [0.29, 0.717) is 66.5 Å². The number of benzene rings is 3. The molecule has 0 bridgehead atoms. The number of hydrogen-bond acceptors (Lipinski definition) is 6. The lowest BCUT2D eigenvalue weighted by Gasteiger charge is -2.43. The zero-order chi connectivity index (χ0) is 30.8. The highest BCUT2D eigenvalue weighted by atomic mass is 35.5. The number of aliphatic hydroxyl groups is 1. The van der Waals surface area contributed by atoms with Gasteiger partial charge < -0.3 is 30.1 Å². The highest BCUT2D eigenvalue weighted by Crippen LogP contribution is 2.46. The third-order valence-corrected chi connectivity index (χ3v) is 8.41. The number of alkyl carbamates (subject to hydrolysis) is 1. The topological polar surface area (TPSA) is 100 Å². The minimum atomic E-state index is -1.39. The number of ether oxygens (including phenoxy) is 2. The summed E-state index contributed by atoms with van der Waals surface area (Å²) >= 11 is 6.74. The quantitative estimate of drug-likeness (QED) is 0.209. The highest BCUT2D eigenvalue weighted by Gasteiger charge is 2.43. The number of piperidine rings is 1. The van der Waals surface area contributed by atoms with Gasteiger partial charge in [0.2, 0.25) is 0 Å². The first kappa shape index (κ1) is 32.3. The normalized spacial score (nSPS) is 16.3. The number of rotatable bonds is 12. The molecule has 0 radical (unpaired) electrons. The van der Waals surface area contributed by atoms with Gasteiger partial charge >= 0.3 is 6.09 Å². The van der Waals surface area contributed by atoms with E-state index in [9.17, 15) is 14.7 Å². The molecule has 43 heavy (non-hydrogen) atoms. The van der Waals surface area contributed by atoms with Crippen molar-refractivity contribution < 1.29 is 24.2 Å². The van der Waals surface area contributed by atoms with Crippen LogP contribution in [0.25, 0.3) is 0 Å². The first-order valence-electron chi connectivity index (χ1n) is 14.9. The second kappa shape index (κ2) is 15.2. The van der Waals surface area contributed by atoms with Gasteiger partial charge in [-0.3, -0.25) is 4.79 Å². The molecule has 2 atom stereocenters. The molecule has 2 amide bonds. The van der Waals surface area contributed by atoms with Crippen LogP contribution in [0.2, 0.25) is 5.02 Å². The monoisotopic (exact) mass is 607 g/mol. The van der Waals surface area contributed by atoms with Crippen molar-refractivity contribution in [3.63, 3.8) is 0 Å². The Morgan fingerprint density at radius 3 is 2.58 bits per heavy atom. The Labute approximate surface area is 259 Å². The number of nitrogens with one attached hydrogen (secondary N) is 2. The number of carbonyl (C=O) groups is 2. The van der Waals surface area contributed by atoms with Crippen LogP contribution in [-0.4, -0.2) is 55.8 Å². The molecule has 3 aromatic carbocycles. The van der Waals surface area contributed by atoms with Crippen LogP contribution in [0.1, 0.15) is 59.7 Å². The Morgan fingerprint density at radius 1 is 1.09 bits per heavy atom. The van der Waals surface area contributed by atoms with Crippen molar-refractivity contribution in [2.24, 2.45) is 5.92 Å². The van der Waals surface area contributed by atoms with E-state index >= 15 is 0 Å². The molecule has 230 valence electrons. The van der Waals surface area contributed by atoms with Gasteiger partial charge in [0, 0.05) is 43.2 Å². The third kappa shape index (κ3) is 8.07. The van der Waals surface area contributed by atoms with E-state index in [0.717, 1.165) is 30.5 Å². The van der Waals surface area contributed by atoms with Gasteiger partial charge in [0.15, 0.2) is 5.75 Å². The molecule has 9 heteroatoms. The second-order valence-electron chi connectivity index (χ2n) is 11.0. The molecule has 0 spiro atoms. The smallest absolute Gasteiger partial charge is 0.406 e. The molecule has 1 saturated heterocycles. The summed E-state index contributed by atoms with van der Waals surface area (Å²) in [6, 6.07) is 20.8. The lowest BCUT2D eigenvalue weighted by atomic mass is 9.73. The molecule has 1 fully saturated rings. The maximum absolute atomic E-state index is 13.6. The third-order valence-electron chi connectivity index (χ3n) is 8.12. The Kier molecular flexibility index (Phi) is 11.4. The van der Waals surface area contributed by atoms with Crippen LogP contribution >= 0.6 is 11.6 Å². The van der Waals surface area contributed by atoms with Crippen LogP contribution < -0.4 is 15.4 Å². The molecule has 1 aliphatic rings. The van der Waals surface area contributed by atoms with Crippen molar-refractivity contribution in [1.82, 2.24) is 15.5 Å². The average molecular weight is 608 g/mol. The van der Waals surface area contributed by atoms with Crippen molar-refractivity contribution in [1.29, 1.82) is 0 Å². The van der Waals surface area contributed by atoms with Gasteiger partial charge in [0.1, 0.15) is 5.75 Å². The zero-order valence-electron chi connectivity index (χ0n) is 25.2. The number of aryl methyl sites for hydroxylation is 1. The van der Waals surface area contributed by atoms with Gasteiger partial charge in [0.25, 0.3) is 5.91 Å². The Morgan fingerprint density at radius 2 is 1.86 bits per heavy atom. The van der Waals surface area contributed by atoms with E-state index in [1.54, 1.807) is 6.07 Å². The van der Waals surface area contributed by atoms with E-state index in [1.165, 1.54) is 7.11 Å². The summed E-state index contributed by atoms with van der Waals surface area (Å²) in [6.07, 6.45) is 2.57. The molecule has 3 N–H and O–H groups in total. The molecule has 4 rings (SSSR count). The lowest BCUT2D eigenvalue weighted by Crippen LogP contribution is -2.48. The van der Waals surface area contributed by atoms with Gasteiger partial charge in [-0.2, -0.15) is 0 Å². The number of likely N-dealkylation sites (tertiary alicyclic amines) is 1. The summed E-state index contributed by atoms with van der Waals surface area (Å²) in [5.74, 6) is 0.666. The fourth-order valence-electron chi connectivity index (χ4n) is 5.78. The first-order chi connectivity index (χ1) is 20.8. The largest absolute Gasteiger partial charge is 0.455 e. The number of hydrogen-bond donors (Lipinski definition) is 3. The number of nitrogens with zero attached hydrogens (tertiary/aromatic N) is 1. The van der Waals surface area contributed by atoms with E-state index < -0.39 is 11.7 Å². The van der Waals surface area contributed by atoms with E-state index in [4.69, 9.17) is 21.1 Å². The van der Waals surface area contributed by atoms with E-state index in [-0.39, 0.29) is 11.8 Å². The Balaban J connectivity index is 1.65. The minimum Gasteiger partial charge on any atom is -0.455 e. The predicted molar refractivity (Wildman–Crippen MR) is 169 cm³/mol. The summed E-state index contributed by atoms with van der Waals surface area (Å²) < 4.78 is 11.1. The highest BCUT2D eigenvalue weighted by molar-refractivity contribution is 6.32. The van der Waals surface area contributed by atoms with Crippen LogP contribution in [0.4, 0.5) is 4.79 Å². The maximum atomic E-state index is 13.6. The van der Waals surface area contributed by atoms with E-state index in [2.05, 4.69) is 17.6 Å². The summed E-state index contributed by atoms with van der Waals surface area (Å²) in [5.41, 5.74) is 2.01. The molecular formula is C34H42ClN3O5. The predicted octanol–water partition coefficient (Wildman–Crippen LogP) is 6.29. The van der Waals surface area contributed by atoms with Crippen LogP contribution in [0.5, 0.6) is 11.5 Å². The summed E-state index contributed by atoms with van der Waals surface area (Å²) in [5, 5.41) is 18.9. The Bertz CT molecular complexity index is 1380. The maximum Gasteiger partial charge on any atom is 0.406 e. The number of para-hydroxylation sites is 1. The standard InChI is InChI=1S/C34H42ClN3O5/c1-4-24-9-5-11-28(21-24)43-31-29(12-6-13-30(31)35)34(41,18-8-19-37-33(40)42-3)27-10-7-20-38(23-27)32(39)26-16-14-25(15-17-26)22-36-2/h5-6,9,11-17,21,27,36,41H,4,7-8,10,18-20,22-23H2,1-3H3,(H,37,40)/t27-,34?/m1/s1. The van der Waals surface area contributed by atoms with Gasteiger partial charge in [-0.15, -0.1) is 0 Å². The summed E-state index contributed by atoms with van der Waals surface area (Å²) in [6.45, 7) is 4.10. The Hall–Kier alpha value is -3.59. The first-order valence-corrected chi connectivity index (χ1v) is 15.3. The van der Waals surface area contributed by atoms with Crippen LogP contribution in [0.3, 0.4) is 0 Å². The van der Waals surface area contributed by atoms with Crippen molar-refractivity contribution >= 4 is 23.6 Å². The molecule has 1 aliphatic heterocycles. The fraction of sp³-hybridized carbons (Fsp3) is 0.412. The van der Waals surface area contributed by atoms with Crippen molar-refractivity contribution in [2.45, 2.75) is 51.2 Å². The van der Waals surface area contributed by atoms with Gasteiger partial charge in [0.05, 0.1) is 17.7 Å². The van der Waals surface area contributed by atoms with Crippen LogP contribution in [0, 0.1) is 5.92 Å². The summed E-state index contributed by atoms with van der Waals surface area (Å²) in [7, 11) is 3.20. The van der Waals surface area contributed by atoms with Crippen molar-refractivity contribution in [2.75, 3.05) is 33.8 Å². The summed E-state index contributed by atoms with van der Waals surface area (Å²) in [4.78, 5) is 27.1.